The lowest BCUT2D eigenvalue weighted by Crippen LogP contribution is -2.08. The van der Waals surface area contributed by atoms with E-state index in [0.717, 1.165) is 17.8 Å². The summed E-state index contributed by atoms with van der Waals surface area (Å²) in [6, 6.07) is 6.33. The van der Waals surface area contributed by atoms with Gasteiger partial charge in [0.25, 0.3) is 0 Å². The third-order valence-corrected chi connectivity index (χ3v) is 3.62. The van der Waals surface area contributed by atoms with E-state index in [2.05, 4.69) is 21.0 Å². The van der Waals surface area contributed by atoms with Crippen molar-refractivity contribution in [3.63, 3.8) is 0 Å². The molecular formula is C14H14BrFN2O. The lowest BCUT2D eigenvalue weighted by atomic mass is 10.1. The molecule has 0 bridgehead atoms. The smallest absolute Gasteiger partial charge is 0.168 e. The number of aryl methyl sites for hydroxylation is 2. The quantitative estimate of drug-likeness (QED) is 0.809. The Balaban J connectivity index is 2.20. The average Bonchev–Trinajstić information content (AvgIpc) is 2.73. The largest absolute Gasteiger partial charge is 0.294 e. The van der Waals surface area contributed by atoms with Gasteiger partial charge in [0.1, 0.15) is 5.82 Å². The maximum absolute atomic E-state index is 13.4. The number of hydrogen-bond acceptors (Lipinski definition) is 2. The molecule has 0 aliphatic heterocycles. The minimum absolute atomic E-state index is 0.114. The van der Waals surface area contributed by atoms with Crippen LogP contribution in [0.25, 0.3) is 0 Å². The summed E-state index contributed by atoms with van der Waals surface area (Å²) in [6.45, 7) is 2.01. The SMILES string of the molecule is CCc1cc(CC(=O)c2ccc(Br)c(F)c2)n(C)n1. The summed E-state index contributed by atoms with van der Waals surface area (Å²) in [5, 5.41) is 4.29. The van der Waals surface area contributed by atoms with E-state index in [1.54, 1.807) is 16.8 Å². The third kappa shape index (κ3) is 3.10. The fraction of sp³-hybridized carbons (Fsp3) is 0.286. The van der Waals surface area contributed by atoms with E-state index in [1.807, 2.05) is 20.0 Å². The normalized spacial score (nSPS) is 10.7. The van der Waals surface area contributed by atoms with Gasteiger partial charge in [-0.15, -0.1) is 0 Å². The van der Waals surface area contributed by atoms with Crippen molar-refractivity contribution in [2.45, 2.75) is 19.8 Å². The van der Waals surface area contributed by atoms with Crippen molar-refractivity contribution >= 4 is 21.7 Å². The van der Waals surface area contributed by atoms with Gasteiger partial charge < -0.3 is 0 Å². The Morgan fingerprint density at radius 3 is 2.74 bits per heavy atom. The average molecular weight is 325 g/mol. The fourth-order valence-electron chi connectivity index (χ4n) is 1.85. The Kier molecular flexibility index (Phi) is 4.14. The molecular weight excluding hydrogens is 311 g/mol. The van der Waals surface area contributed by atoms with E-state index in [1.165, 1.54) is 6.07 Å². The van der Waals surface area contributed by atoms with Crippen LogP contribution in [-0.2, 0) is 19.9 Å². The van der Waals surface area contributed by atoms with E-state index in [-0.39, 0.29) is 12.2 Å². The number of benzene rings is 1. The zero-order valence-corrected chi connectivity index (χ0v) is 12.4. The molecule has 0 fully saturated rings. The van der Waals surface area contributed by atoms with Crippen LogP contribution in [0.1, 0.15) is 28.7 Å². The lowest BCUT2D eigenvalue weighted by Gasteiger charge is -2.03. The van der Waals surface area contributed by atoms with E-state index in [9.17, 15) is 9.18 Å². The second kappa shape index (κ2) is 5.65. The van der Waals surface area contributed by atoms with Gasteiger partial charge in [-0.05, 0) is 40.5 Å². The summed E-state index contributed by atoms with van der Waals surface area (Å²) in [5.41, 5.74) is 2.16. The van der Waals surface area contributed by atoms with Gasteiger partial charge >= 0.3 is 0 Å². The molecule has 3 nitrogen and oxygen atoms in total. The monoisotopic (exact) mass is 324 g/mol. The molecule has 0 amide bonds. The van der Waals surface area contributed by atoms with Crippen molar-refractivity contribution in [1.82, 2.24) is 9.78 Å². The van der Waals surface area contributed by atoms with Gasteiger partial charge in [0, 0.05) is 18.3 Å². The third-order valence-electron chi connectivity index (χ3n) is 2.97. The Morgan fingerprint density at radius 2 is 2.16 bits per heavy atom. The van der Waals surface area contributed by atoms with Crippen molar-refractivity contribution in [3.8, 4) is 0 Å². The summed E-state index contributed by atoms with van der Waals surface area (Å²) in [4.78, 5) is 12.1. The predicted octanol–water partition coefficient (Wildman–Crippen LogP) is 3.31. The molecule has 0 radical (unpaired) electrons. The lowest BCUT2D eigenvalue weighted by molar-refractivity contribution is 0.0990. The summed E-state index contributed by atoms with van der Waals surface area (Å²) in [6.07, 6.45) is 1.06. The standard InChI is InChI=1S/C14H14BrFN2O/c1-3-10-7-11(18(2)17-10)8-14(19)9-4-5-12(15)13(16)6-9/h4-7H,3,8H2,1-2H3. The van der Waals surface area contributed by atoms with Crippen LogP contribution in [0.3, 0.4) is 0 Å². The first kappa shape index (κ1) is 13.9. The Hall–Kier alpha value is -1.49. The first-order chi connectivity index (χ1) is 9.01. The van der Waals surface area contributed by atoms with Crippen LogP contribution in [-0.4, -0.2) is 15.6 Å². The number of aromatic nitrogens is 2. The van der Waals surface area contributed by atoms with Crippen LogP contribution in [0, 0.1) is 5.82 Å². The highest BCUT2D eigenvalue weighted by Gasteiger charge is 2.13. The highest BCUT2D eigenvalue weighted by molar-refractivity contribution is 9.10. The van der Waals surface area contributed by atoms with Gasteiger partial charge in [-0.1, -0.05) is 13.0 Å². The number of carbonyl (C=O) groups is 1. The van der Waals surface area contributed by atoms with Crippen LogP contribution in [0.2, 0.25) is 0 Å². The minimum atomic E-state index is -0.426. The molecule has 0 aliphatic rings. The van der Waals surface area contributed by atoms with Crippen molar-refractivity contribution in [1.29, 1.82) is 0 Å². The molecule has 2 rings (SSSR count). The topological polar surface area (TPSA) is 34.9 Å². The van der Waals surface area contributed by atoms with Crippen LogP contribution in [0.15, 0.2) is 28.7 Å². The second-order valence-corrected chi connectivity index (χ2v) is 5.19. The molecule has 5 heteroatoms. The zero-order valence-electron chi connectivity index (χ0n) is 10.8. The molecule has 0 aliphatic carbocycles. The Morgan fingerprint density at radius 1 is 1.42 bits per heavy atom. The number of hydrogen-bond donors (Lipinski definition) is 0. The molecule has 100 valence electrons. The first-order valence-corrected chi connectivity index (χ1v) is 6.80. The molecule has 0 saturated heterocycles. The van der Waals surface area contributed by atoms with Gasteiger partial charge in [-0.3, -0.25) is 9.48 Å². The number of rotatable bonds is 4. The van der Waals surface area contributed by atoms with E-state index < -0.39 is 5.82 Å². The van der Waals surface area contributed by atoms with Gasteiger partial charge in [0.05, 0.1) is 16.6 Å². The molecule has 0 N–H and O–H groups in total. The van der Waals surface area contributed by atoms with Gasteiger partial charge in [0.2, 0.25) is 0 Å². The van der Waals surface area contributed by atoms with Crippen molar-refractivity contribution < 1.29 is 9.18 Å². The second-order valence-electron chi connectivity index (χ2n) is 4.33. The number of halogens is 2. The molecule has 0 saturated carbocycles. The highest BCUT2D eigenvalue weighted by atomic mass is 79.9. The number of Topliss-reactive ketones (excluding diaryl/α,β-unsaturated/α-hetero) is 1. The molecule has 1 aromatic heterocycles. The van der Waals surface area contributed by atoms with E-state index >= 15 is 0 Å². The summed E-state index contributed by atoms with van der Waals surface area (Å²) in [5.74, 6) is -0.540. The van der Waals surface area contributed by atoms with Crippen molar-refractivity contribution in [2.24, 2.45) is 7.05 Å². The molecule has 19 heavy (non-hydrogen) atoms. The molecule has 0 atom stereocenters. The maximum Gasteiger partial charge on any atom is 0.168 e. The molecule has 1 aromatic carbocycles. The molecule has 0 spiro atoms. The van der Waals surface area contributed by atoms with E-state index in [4.69, 9.17) is 0 Å². The Labute approximate surface area is 119 Å². The number of carbonyl (C=O) groups excluding carboxylic acids is 1. The maximum atomic E-state index is 13.4. The number of ketones is 1. The predicted molar refractivity (Wildman–Crippen MR) is 74.7 cm³/mol. The van der Waals surface area contributed by atoms with Crippen molar-refractivity contribution in [3.05, 3.63) is 51.5 Å². The number of nitrogens with zero attached hydrogens (tertiary/aromatic N) is 2. The summed E-state index contributed by atoms with van der Waals surface area (Å²) in [7, 11) is 1.81. The zero-order chi connectivity index (χ0) is 14.0. The molecule has 2 aromatic rings. The minimum Gasteiger partial charge on any atom is -0.294 e. The molecule has 1 heterocycles. The molecule has 0 unspecified atom stereocenters. The van der Waals surface area contributed by atoms with Crippen LogP contribution >= 0.6 is 15.9 Å². The van der Waals surface area contributed by atoms with Gasteiger partial charge in [-0.25, -0.2) is 4.39 Å². The summed E-state index contributed by atoms with van der Waals surface area (Å²) >= 11 is 3.07. The first-order valence-electron chi connectivity index (χ1n) is 6.01. The highest BCUT2D eigenvalue weighted by Crippen LogP contribution is 2.18. The van der Waals surface area contributed by atoms with Crippen LogP contribution in [0.4, 0.5) is 4.39 Å². The van der Waals surface area contributed by atoms with Gasteiger partial charge in [0.15, 0.2) is 5.78 Å². The summed E-state index contributed by atoms with van der Waals surface area (Å²) < 4.78 is 15.5. The van der Waals surface area contributed by atoms with Gasteiger partial charge in [-0.2, -0.15) is 5.10 Å². The fourth-order valence-corrected chi connectivity index (χ4v) is 2.09. The van der Waals surface area contributed by atoms with E-state index in [0.29, 0.717) is 10.0 Å². The Bertz CT molecular complexity index is 622. The van der Waals surface area contributed by atoms with Crippen LogP contribution < -0.4 is 0 Å². The van der Waals surface area contributed by atoms with Crippen LogP contribution in [0.5, 0.6) is 0 Å². The van der Waals surface area contributed by atoms with Crippen molar-refractivity contribution in [2.75, 3.05) is 0 Å².